The van der Waals surface area contributed by atoms with Gasteiger partial charge in [-0.25, -0.2) is 5.01 Å². The second-order valence-electron chi connectivity index (χ2n) is 7.55. The Morgan fingerprint density at radius 2 is 1.88 bits per heavy atom. The molecule has 0 fully saturated rings. The highest BCUT2D eigenvalue weighted by Gasteiger charge is 2.36. The van der Waals surface area contributed by atoms with Crippen molar-refractivity contribution >= 4 is 39.3 Å². The molecule has 32 heavy (non-hydrogen) atoms. The fraction of sp³-hybridized carbons (Fsp3) is 0.240. The molecule has 7 heteroatoms. The van der Waals surface area contributed by atoms with E-state index in [2.05, 4.69) is 30.4 Å². The molecule has 0 aromatic heterocycles. The first-order chi connectivity index (χ1) is 15.7. The molecule has 2 heterocycles. The van der Waals surface area contributed by atoms with Crippen molar-refractivity contribution in [1.82, 2.24) is 10.3 Å². The van der Waals surface area contributed by atoms with E-state index in [4.69, 9.17) is 14.8 Å². The molecule has 1 amide bonds. The Labute approximate surface area is 190 Å². The molecule has 5 rings (SSSR count). The molecule has 3 aromatic carbocycles. The fourth-order valence-corrected chi connectivity index (χ4v) is 4.81. The van der Waals surface area contributed by atoms with Crippen LogP contribution >= 0.6 is 11.8 Å². The van der Waals surface area contributed by atoms with Gasteiger partial charge in [-0.05, 0) is 36.2 Å². The number of benzene rings is 3. The number of amidine groups is 1. The lowest BCUT2D eigenvalue weighted by molar-refractivity contribution is -0.116. The van der Waals surface area contributed by atoms with E-state index in [9.17, 15) is 4.79 Å². The first-order valence-electron chi connectivity index (χ1n) is 10.8. The van der Waals surface area contributed by atoms with Crippen molar-refractivity contribution in [2.45, 2.75) is 26.4 Å². The van der Waals surface area contributed by atoms with E-state index in [1.54, 1.807) is 16.8 Å². The maximum Gasteiger partial charge on any atom is 0.276 e. The average molecular weight is 445 g/mol. The van der Waals surface area contributed by atoms with E-state index in [-0.39, 0.29) is 5.91 Å². The molecular weight excluding hydrogens is 420 g/mol. The number of hydrogen-bond acceptors (Lipinski definition) is 6. The molecule has 2 aliphatic heterocycles. The van der Waals surface area contributed by atoms with Gasteiger partial charge in [-0.2, -0.15) is 0 Å². The maximum absolute atomic E-state index is 13.3. The highest BCUT2D eigenvalue weighted by atomic mass is 32.2. The molecule has 0 bridgehead atoms. The molecular formula is C25H24N4O2S. The summed E-state index contributed by atoms with van der Waals surface area (Å²) in [7, 11) is 0. The van der Waals surface area contributed by atoms with Crippen molar-refractivity contribution in [3.8, 4) is 5.75 Å². The number of amides is 1. The summed E-state index contributed by atoms with van der Waals surface area (Å²) in [5, 5.41) is 13.9. The van der Waals surface area contributed by atoms with E-state index in [1.165, 1.54) is 0 Å². The van der Waals surface area contributed by atoms with Gasteiger partial charge < -0.3 is 4.74 Å². The summed E-state index contributed by atoms with van der Waals surface area (Å²) in [5.41, 5.74) is 1.42. The van der Waals surface area contributed by atoms with Crippen LogP contribution in [0.2, 0.25) is 0 Å². The summed E-state index contributed by atoms with van der Waals surface area (Å²) in [6.45, 7) is 4.61. The standard InChI is InChI=1S/C25H24N4O2S/c1-3-15-32-25-27-24(30)22-18-11-7-8-12-19(18)26-23(29(22)28-25)21-17-10-6-5-9-16(17)13-14-20(21)31-4-2/h5-14,23H,3-4,15H2,1-2H3,(H,27,28,30)/t23-/m1/s1. The van der Waals surface area contributed by atoms with Crippen molar-refractivity contribution in [3.05, 3.63) is 76.8 Å². The van der Waals surface area contributed by atoms with Crippen molar-refractivity contribution in [2.75, 3.05) is 12.4 Å². The van der Waals surface area contributed by atoms with Crippen LogP contribution in [0.5, 0.6) is 5.75 Å². The predicted octanol–water partition coefficient (Wildman–Crippen LogP) is 3.52. The molecule has 6 nitrogen and oxygen atoms in total. The number of nitrogens with one attached hydrogen (secondary N) is 1. The van der Waals surface area contributed by atoms with Gasteiger partial charge in [0.1, 0.15) is 11.4 Å². The SMILES string of the molecule is CCCSC1=NN2C(=c3ccccc3=N[C@H]2c2c(OCC)ccc3ccccc23)C(=O)N1. The van der Waals surface area contributed by atoms with Crippen LogP contribution in [0.15, 0.2) is 70.8 Å². The molecule has 1 atom stereocenters. The molecule has 0 aliphatic carbocycles. The third-order valence-electron chi connectivity index (χ3n) is 5.45. The summed E-state index contributed by atoms with van der Waals surface area (Å²) < 4.78 is 6.03. The van der Waals surface area contributed by atoms with E-state index in [1.807, 2.05) is 49.4 Å². The van der Waals surface area contributed by atoms with Crippen LogP contribution in [-0.2, 0) is 4.79 Å². The number of fused-ring (bicyclic) bond motifs is 3. The topological polar surface area (TPSA) is 66.3 Å². The summed E-state index contributed by atoms with van der Waals surface area (Å²) in [6, 6.07) is 19.9. The lowest BCUT2D eigenvalue weighted by Crippen LogP contribution is -2.50. The first-order valence-corrected chi connectivity index (χ1v) is 11.8. The normalized spacial score (nSPS) is 17.2. The lowest BCUT2D eigenvalue weighted by Gasteiger charge is -2.35. The predicted molar refractivity (Wildman–Crippen MR) is 129 cm³/mol. The zero-order valence-electron chi connectivity index (χ0n) is 18.0. The number of hydrazone groups is 1. The van der Waals surface area contributed by atoms with Crippen molar-refractivity contribution in [3.63, 3.8) is 0 Å². The molecule has 162 valence electrons. The Kier molecular flexibility index (Phi) is 5.57. The van der Waals surface area contributed by atoms with E-state index < -0.39 is 6.17 Å². The fourth-order valence-electron chi connectivity index (χ4n) is 4.10. The van der Waals surface area contributed by atoms with Gasteiger partial charge in [0.25, 0.3) is 5.91 Å². The van der Waals surface area contributed by atoms with Gasteiger partial charge in [0.05, 0.1) is 12.0 Å². The number of para-hydroxylation sites is 1. The van der Waals surface area contributed by atoms with Crippen LogP contribution in [0.4, 0.5) is 0 Å². The molecule has 2 aliphatic rings. The summed E-state index contributed by atoms with van der Waals surface area (Å²) in [5.74, 6) is 1.46. The monoisotopic (exact) mass is 444 g/mol. The van der Waals surface area contributed by atoms with Crippen LogP contribution in [0.25, 0.3) is 16.5 Å². The van der Waals surface area contributed by atoms with Crippen LogP contribution < -0.4 is 20.6 Å². The number of carbonyl (C=O) groups is 1. The van der Waals surface area contributed by atoms with E-state index in [0.717, 1.165) is 44.8 Å². The van der Waals surface area contributed by atoms with Gasteiger partial charge in [0, 0.05) is 16.5 Å². The molecule has 0 unspecified atom stereocenters. The van der Waals surface area contributed by atoms with Gasteiger partial charge >= 0.3 is 0 Å². The largest absolute Gasteiger partial charge is 0.493 e. The second-order valence-corrected chi connectivity index (χ2v) is 8.64. The van der Waals surface area contributed by atoms with Crippen LogP contribution in [-0.4, -0.2) is 28.4 Å². The van der Waals surface area contributed by atoms with E-state index in [0.29, 0.717) is 17.5 Å². The highest BCUT2D eigenvalue weighted by Crippen LogP contribution is 2.40. The minimum Gasteiger partial charge on any atom is -0.493 e. The zero-order valence-corrected chi connectivity index (χ0v) is 18.9. The van der Waals surface area contributed by atoms with Gasteiger partial charge in [0.15, 0.2) is 11.3 Å². The molecule has 1 N–H and O–H groups in total. The number of hydrogen-bond donors (Lipinski definition) is 1. The average Bonchev–Trinajstić information content (AvgIpc) is 2.82. The quantitative estimate of drug-likeness (QED) is 0.654. The van der Waals surface area contributed by atoms with E-state index >= 15 is 0 Å². The minimum absolute atomic E-state index is 0.163. The lowest BCUT2D eigenvalue weighted by atomic mass is 9.99. The molecule has 0 saturated heterocycles. The zero-order chi connectivity index (χ0) is 22.1. The van der Waals surface area contributed by atoms with Gasteiger partial charge in [-0.15, -0.1) is 5.10 Å². The molecule has 0 radical (unpaired) electrons. The highest BCUT2D eigenvalue weighted by molar-refractivity contribution is 8.13. The Hall–Kier alpha value is -3.32. The van der Waals surface area contributed by atoms with Gasteiger partial charge in [-0.3, -0.25) is 15.1 Å². The number of rotatable bonds is 5. The van der Waals surface area contributed by atoms with Crippen LogP contribution in [0.3, 0.4) is 0 Å². The van der Waals surface area contributed by atoms with Crippen molar-refractivity contribution < 1.29 is 9.53 Å². The third-order valence-corrected chi connectivity index (χ3v) is 6.52. The third kappa shape index (κ3) is 3.52. The van der Waals surface area contributed by atoms with Crippen molar-refractivity contribution in [1.29, 1.82) is 0 Å². The van der Waals surface area contributed by atoms with Crippen LogP contribution in [0, 0.1) is 0 Å². The second kappa shape index (κ2) is 8.67. The number of carbonyl (C=O) groups excluding carboxylic acids is 1. The summed E-state index contributed by atoms with van der Waals surface area (Å²) in [6.07, 6.45) is 0.473. The van der Waals surface area contributed by atoms with Gasteiger partial charge in [0.2, 0.25) is 0 Å². The Morgan fingerprint density at radius 3 is 2.72 bits per heavy atom. The smallest absolute Gasteiger partial charge is 0.276 e. The molecule has 0 saturated carbocycles. The van der Waals surface area contributed by atoms with Crippen LogP contribution in [0.1, 0.15) is 32.0 Å². The Morgan fingerprint density at radius 1 is 1.06 bits per heavy atom. The Balaban J connectivity index is 1.79. The van der Waals surface area contributed by atoms with Crippen molar-refractivity contribution in [2.24, 2.45) is 10.1 Å². The number of thioether (sulfide) groups is 1. The maximum atomic E-state index is 13.3. The minimum atomic E-state index is -0.518. The molecule has 3 aromatic rings. The number of nitrogens with zero attached hydrogens (tertiary/aromatic N) is 3. The van der Waals surface area contributed by atoms with Gasteiger partial charge in [-0.1, -0.05) is 67.2 Å². The summed E-state index contributed by atoms with van der Waals surface area (Å²) in [4.78, 5) is 18.3. The first kappa shape index (κ1) is 20.6. The number of ether oxygens (including phenoxy) is 1. The Bertz CT molecular complexity index is 1350. The summed E-state index contributed by atoms with van der Waals surface area (Å²) >= 11 is 1.54. The molecule has 0 spiro atoms.